The van der Waals surface area contributed by atoms with Crippen molar-refractivity contribution in [3.05, 3.63) is 89.7 Å². The van der Waals surface area contributed by atoms with Crippen molar-refractivity contribution < 1.29 is 27.1 Å². The smallest absolute Gasteiger partial charge is 0.308 e. The van der Waals surface area contributed by atoms with Crippen LogP contribution < -0.4 is 10.2 Å². The summed E-state index contributed by atoms with van der Waals surface area (Å²) in [5.74, 6) is -1.75. The van der Waals surface area contributed by atoms with Crippen molar-refractivity contribution in [2.45, 2.75) is 37.6 Å². The molecule has 3 aromatic rings. The number of carbonyl (C=O) groups excluding carboxylic acids is 2. The fourth-order valence-electron chi connectivity index (χ4n) is 4.77. The van der Waals surface area contributed by atoms with Crippen LogP contribution in [-0.4, -0.2) is 50.8 Å². The molecule has 0 spiro atoms. The zero-order valence-corrected chi connectivity index (χ0v) is 22.8. The Morgan fingerprint density at radius 3 is 2.33 bits per heavy atom. The van der Waals surface area contributed by atoms with Crippen molar-refractivity contribution >= 4 is 33.3 Å². The molecule has 206 valence electrons. The first kappa shape index (κ1) is 28.3. The molecule has 1 atom stereocenters. The third-order valence-corrected chi connectivity index (χ3v) is 8.71. The fraction of sp³-hybridized carbons (Fsp3) is 0.310. The van der Waals surface area contributed by atoms with Crippen molar-refractivity contribution in [3.8, 4) is 0 Å². The lowest BCUT2D eigenvalue weighted by atomic mass is 9.92. The van der Waals surface area contributed by atoms with Gasteiger partial charge in [-0.3, -0.25) is 9.59 Å². The summed E-state index contributed by atoms with van der Waals surface area (Å²) in [5.41, 5.74) is 3.25. The quantitative estimate of drug-likeness (QED) is 0.371. The Balaban J connectivity index is 1.43. The highest BCUT2D eigenvalue weighted by Gasteiger charge is 2.38. The van der Waals surface area contributed by atoms with E-state index in [9.17, 15) is 22.4 Å². The predicted molar refractivity (Wildman–Crippen MR) is 147 cm³/mol. The van der Waals surface area contributed by atoms with E-state index in [2.05, 4.69) is 24.1 Å². The van der Waals surface area contributed by atoms with E-state index in [1.54, 1.807) is 24.3 Å². The maximum atomic E-state index is 13.5. The number of carbonyl (C=O) groups is 2. The highest BCUT2D eigenvalue weighted by atomic mass is 32.2. The van der Waals surface area contributed by atoms with Crippen molar-refractivity contribution in [1.29, 1.82) is 0 Å². The van der Waals surface area contributed by atoms with E-state index in [1.165, 1.54) is 16.4 Å². The van der Waals surface area contributed by atoms with Gasteiger partial charge >= 0.3 is 5.97 Å². The summed E-state index contributed by atoms with van der Waals surface area (Å²) in [6, 6.07) is 18.5. The molecule has 4 rings (SSSR count). The largest absolute Gasteiger partial charge is 0.456 e. The second-order valence-corrected chi connectivity index (χ2v) is 11.1. The SMILES string of the molecule is CCN(CC)c1ccc(NC(=O)COC(=O)CC2c3ccccc3CCN2S(=O)(=O)c2ccc(F)cc2)cc1. The summed E-state index contributed by atoms with van der Waals surface area (Å²) in [6.07, 6.45) is 0.195. The summed E-state index contributed by atoms with van der Waals surface area (Å²) in [6.45, 7) is 5.51. The predicted octanol–water partition coefficient (Wildman–Crippen LogP) is 4.53. The van der Waals surface area contributed by atoms with Gasteiger partial charge in [0.2, 0.25) is 10.0 Å². The number of hydrogen-bond donors (Lipinski definition) is 1. The highest BCUT2D eigenvalue weighted by Crippen LogP contribution is 2.36. The second-order valence-electron chi connectivity index (χ2n) is 9.17. The van der Waals surface area contributed by atoms with Crippen LogP contribution in [0.15, 0.2) is 77.7 Å². The summed E-state index contributed by atoms with van der Waals surface area (Å²) in [4.78, 5) is 27.4. The Morgan fingerprint density at radius 1 is 1.00 bits per heavy atom. The van der Waals surface area contributed by atoms with Crippen LogP contribution in [0.5, 0.6) is 0 Å². The number of halogens is 1. The maximum Gasteiger partial charge on any atom is 0.308 e. The lowest BCUT2D eigenvalue weighted by Crippen LogP contribution is -2.41. The number of fused-ring (bicyclic) bond motifs is 1. The number of ether oxygens (including phenoxy) is 1. The monoisotopic (exact) mass is 553 g/mol. The summed E-state index contributed by atoms with van der Waals surface area (Å²) in [5, 5.41) is 2.71. The van der Waals surface area contributed by atoms with Crippen molar-refractivity contribution in [3.63, 3.8) is 0 Å². The van der Waals surface area contributed by atoms with Gasteiger partial charge in [0, 0.05) is 31.0 Å². The van der Waals surface area contributed by atoms with E-state index in [4.69, 9.17) is 4.74 Å². The average molecular weight is 554 g/mol. The zero-order valence-electron chi connectivity index (χ0n) is 22.0. The van der Waals surface area contributed by atoms with Gasteiger partial charge in [0.1, 0.15) is 5.82 Å². The molecule has 1 heterocycles. The lowest BCUT2D eigenvalue weighted by Gasteiger charge is -2.36. The van der Waals surface area contributed by atoms with Crippen LogP contribution in [0, 0.1) is 5.82 Å². The minimum Gasteiger partial charge on any atom is -0.456 e. The minimum absolute atomic E-state index is 0.0620. The van der Waals surface area contributed by atoms with Gasteiger partial charge in [-0.25, -0.2) is 12.8 Å². The summed E-state index contributed by atoms with van der Waals surface area (Å²) in [7, 11) is -4.03. The van der Waals surface area contributed by atoms with E-state index >= 15 is 0 Å². The number of nitrogens with zero attached hydrogens (tertiary/aromatic N) is 2. The van der Waals surface area contributed by atoms with Crippen LogP contribution in [0.2, 0.25) is 0 Å². The molecule has 1 aliphatic heterocycles. The van der Waals surface area contributed by atoms with E-state index in [1.807, 2.05) is 24.3 Å². The molecule has 10 heteroatoms. The Morgan fingerprint density at radius 2 is 1.67 bits per heavy atom. The van der Waals surface area contributed by atoms with E-state index in [-0.39, 0.29) is 17.9 Å². The van der Waals surface area contributed by atoms with Crippen molar-refractivity contribution in [2.75, 3.05) is 36.5 Å². The molecular weight excluding hydrogens is 521 g/mol. The topological polar surface area (TPSA) is 96.0 Å². The molecule has 0 fully saturated rings. The van der Waals surface area contributed by atoms with E-state index < -0.39 is 40.4 Å². The van der Waals surface area contributed by atoms with Gasteiger partial charge in [-0.05, 0) is 79.9 Å². The van der Waals surface area contributed by atoms with Gasteiger partial charge in [0.05, 0.1) is 17.4 Å². The van der Waals surface area contributed by atoms with Gasteiger partial charge < -0.3 is 15.0 Å². The molecule has 0 saturated carbocycles. The third kappa shape index (κ3) is 6.63. The van der Waals surface area contributed by atoms with E-state index in [0.717, 1.165) is 36.5 Å². The molecular formula is C29H32FN3O5S. The molecule has 0 aliphatic carbocycles. The van der Waals surface area contributed by atoms with Gasteiger partial charge in [0.15, 0.2) is 6.61 Å². The van der Waals surface area contributed by atoms with Crippen LogP contribution in [-0.2, 0) is 30.8 Å². The standard InChI is InChI=1S/C29H32FN3O5S/c1-3-32(4-2)24-13-11-23(12-14-24)31-28(34)20-38-29(35)19-27-26-8-6-5-7-21(26)17-18-33(27)39(36,37)25-15-9-22(30)10-16-25/h5-16,27H,3-4,17-20H2,1-2H3,(H,31,34). The molecule has 1 aliphatic rings. The van der Waals surface area contributed by atoms with Crippen LogP contribution in [0.25, 0.3) is 0 Å². The summed E-state index contributed by atoms with van der Waals surface area (Å²) >= 11 is 0. The number of benzene rings is 3. The number of hydrogen-bond acceptors (Lipinski definition) is 6. The fourth-order valence-corrected chi connectivity index (χ4v) is 6.38. The Hall–Kier alpha value is -3.76. The molecule has 8 nitrogen and oxygen atoms in total. The number of nitrogens with one attached hydrogen (secondary N) is 1. The lowest BCUT2D eigenvalue weighted by molar-refractivity contribution is -0.148. The van der Waals surface area contributed by atoms with Crippen LogP contribution in [0.1, 0.15) is 37.4 Å². The van der Waals surface area contributed by atoms with Gasteiger partial charge in [-0.2, -0.15) is 4.31 Å². The minimum atomic E-state index is -4.03. The molecule has 39 heavy (non-hydrogen) atoms. The number of sulfonamides is 1. The van der Waals surface area contributed by atoms with Crippen LogP contribution in [0.4, 0.5) is 15.8 Å². The molecule has 3 aromatic carbocycles. The number of esters is 1. The maximum absolute atomic E-state index is 13.5. The van der Waals surface area contributed by atoms with E-state index in [0.29, 0.717) is 17.7 Å². The number of amides is 1. The average Bonchev–Trinajstić information content (AvgIpc) is 2.94. The third-order valence-electron chi connectivity index (χ3n) is 6.79. The first-order valence-corrected chi connectivity index (χ1v) is 14.3. The second kappa shape index (κ2) is 12.4. The number of rotatable bonds is 10. The van der Waals surface area contributed by atoms with Gasteiger partial charge in [0.25, 0.3) is 5.91 Å². The molecule has 0 aromatic heterocycles. The Labute approximate surface area is 228 Å². The van der Waals surface area contributed by atoms with Gasteiger partial charge in [-0.15, -0.1) is 0 Å². The Kier molecular flexibility index (Phi) is 8.98. The molecule has 1 amide bonds. The first-order chi connectivity index (χ1) is 18.7. The van der Waals surface area contributed by atoms with Crippen molar-refractivity contribution in [1.82, 2.24) is 4.31 Å². The zero-order chi connectivity index (χ0) is 28.0. The molecule has 1 unspecified atom stereocenters. The highest BCUT2D eigenvalue weighted by molar-refractivity contribution is 7.89. The summed E-state index contributed by atoms with van der Waals surface area (Å²) < 4.78 is 46.8. The first-order valence-electron chi connectivity index (χ1n) is 12.9. The van der Waals surface area contributed by atoms with Gasteiger partial charge in [-0.1, -0.05) is 24.3 Å². The normalized spacial score (nSPS) is 15.3. The molecule has 0 bridgehead atoms. The Bertz CT molecular complexity index is 1410. The van der Waals surface area contributed by atoms with Crippen molar-refractivity contribution in [2.24, 2.45) is 0 Å². The molecule has 0 saturated heterocycles. The number of anilines is 2. The van der Waals surface area contributed by atoms with Crippen LogP contribution >= 0.6 is 0 Å². The molecule has 1 N–H and O–H groups in total. The van der Waals surface area contributed by atoms with Crippen LogP contribution in [0.3, 0.4) is 0 Å². The molecule has 0 radical (unpaired) electrons.